The fraction of sp³-hybridized carbons (Fsp3) is 0.167. The molecule has 0 N–H and O–H groups in total. The SMILES string of the molecule is Cc1c[c-]c(-c2ccc([Si](C)(C)C)cn2)cc1.Cc1ccc2ccc3nc(-c4[c-]ccc5c4oc4nc(C(C)C(C)C)ccc45)n(-c4c(-c5ccccc5)cccc4-c4ccccc4)c3c2n1.[Ir]. The minimum absolute atomic E-state index is 0. The topological polar surface area (TPSA) is 69.6 Å². The molecule has 0 amide bonds. The molecule has 0 aliphatic heterocycles. The van der Waals surface area contributed by atoms with E-state index in [1.807, 2.05) is 25.3 Å². The Balaban J connectivity index is 0.000000272. The standard InChI is InChI=1S/C45H35N4O.C15H18NSi.Ir/c1-27(2)29(4)38-26-24-36-35-19-12-20-37(43(35)50-45(36)48-38)44-47-39-25-23-32-22-21-28(3)46-40(32)42(39)49(44)41-33(30-13-7-5-8-14-30)17-11-18-34(41)31-15-9-6-10-16-31;1-12-5-7-13(8-6-12)15-10-9-14(11-16-15)17(2,3)4;/h5-19,21-27,29H,1-4H3;5-7,9-11H,1-4H3;/q2*-1;. The second-order valence-electron chi connectivity index (χ2n) is 18.9. The van der Waals surface area contributed by atoms with Crippen LogP contribution in [-0.2, 0) is 20.1 Å². The molecule has 1 atom stereocenters. The fourth-order valence-electron chi connectivity index (χ4n) is 8.77. The average Bonchev–Trinajstić information content (AvgIpc) is 3.93. The number of benzene rings is 6. The molecule has 0 aliphatic rings. The molecule has 11 aromatic rings. The summed E-state index contributed by atoms with van der Waals surface area (Å²) in [7, 11) is -1.24. The van der Waals surface area contributed by atoms with Gasteiger partial charge in [0.1, 0.15) is 0 Å². The summed E-state index contributed by atoms with van der Waals surface area (Å²) in [5.41, 5.74) is 15.5. The Bertz CT molecular complexity index is 3500. The molecule has 1 unspecified atom stereocenters. The molecule has 1 radical (unpaired) electrons. The van der Waals surface area contributed by atoms with Gasteiger partial charge in [-0.2, -0.15) is 0 Å². The molecule has 11 rings (SSSR count). The largest absolute Gasteiger partial charge is 0.486 e. The summed E-state index contributed by atoms with van der Waals surface area (Å²) in [5.74, 6) is 1.50. The number of imidazole rings is 1. The van der Waals surface area contributed by atoms with Crippen molar-refractivity contribution in [2.24, 2.45) is 5.92 Å². The van der Waals surface area contributed by atoms with Crippen LogP contribution in [0.4, 0.5) is 0 Å². The first-order valence-corrected chi connectivity index (χ1v) is 26.7. The maximum absolute atomic E-state index is 6.72. The van der Waals surface area contributed by atoms with E-state index in [2.05, 4.69) is 215 Å². The van der Waals surface area contributed by atoms with Crippen LogP contribution < -0.4 is 5.19 Å². The molecule has 0 spiro atoms. The van der Waals surface area contributed by atoms with Crippen molar-refractivity contribution in [3.8, 4) is 50.6 Å². The fourth-order valence-corrected chi connectivity index (χ4v) is 9.80. The average molecular weight is 1080 g/mol. The van der Waals surface area contributed by atoms with Crippen molar-refractivity contribution >= 4 is 57.3 Å². The number of para-hydroxylation sites is 1. The Kier molecular flexibility index (Phi) is 13.0. The second-order valence-corrected chi connectivity index (χ2v) is 24.0. The molecule has 6 aromatic carbocycles. The van der Waals surface area contributed by atoms with E-state index in [0.29, 0.717) is 23.1 Å². The first-order valence-electron chi connectivity index (χ1n) is 23.2. The van der Waals surface area contributed by atoms with Gasteiger partial charge < -0.3 is 14.0 Å². The second kappa shape index (κ2) is 19.0. The maximum atomic E-state index is 6.72. The van der Waals surface area contributed by atoms with Crippen LogP contribution in [0, 0.1) is 31.9 Å². The molecule has 68 heavy (non-hydrogen) atoms. The van der Waals surface area contributed by atoms with Crippen molar-refractivity contribution in [1.29, 1.82) is 0 Å². The van der Waals surface area contributed by atoms with Crippen molar-refractivity contribution in [2.45, 2.75) is 60.2 Å². The van der Waals surface area contributed by atoms with Crippen LogP contribution in [0.5, 0.6) is 0 Å². The number of aryl methyl sites for hydroxylation is 2. The summed E-state index contributed by atoms with van der Waals surface area (Å²) >= 11 is 0. The predicted octanol–water partition coefficient (Wildman–Crippen LogP) is 15.1. The molecule has 339 valence electrons. The van der Waals surface area contributed by atoms with Crippen LogP contribution in [-0.4, -0.2) is 32.6 Å². The van der Waals surface area contributed by atoms with E-state index < -0.39 is 8.07 Å². The summed E-state index contributed by atoms with van der Waals surface area (Å²) < 4.78 is 9.02. The van der Waals surface area contributed by atoms with Gasteiger partial charge in [-0.15, -0.1) is 53.6 Å². The molecule has 0 saturated heterocycles. The van der Waals surface area contributed by atoms with Crippen molar-refractivity contribution in [1.82, 2.24) is 24.5 Å². The quantitative estimate of drug-likeness (QED) is 0.112. The third-order valence-corrected chi connectivity index (χ3v) is 15.0. The van der Waals surface area contributed by atoms with Gasteiger partial charge in [0.25, 0.3) is 0 Å². The Hall–Kier alpha value is -6.83. The molecular formula is C60H53IrN5OSi-2. The predicted molar refractivity (Wildman–Crippen MR) is 281 cm³/mol. The van der Waals surface area contributed by atoms with E-state index in [1.165, 1.54) is 10.8 Å². The zero-order valence-corrected chi connectivity index (χ0v) is 43.1. The van der Waals surface area contributed by atoms with Crippen molar-refractivity contribution in [2.75, 3.05) is 0 Å². The summed E-state index contributed by atoms with van der Waals surface area (Å²) in [6.07, 6.45) is 2.02. The number of furan rings is 1. The number of hydrogen-bond acceptors (Lipinski definition) is 5. The van der Waals surface area contributed by atoms with Gasteiger partial charge in [-0.05, 0) is 59.1 Å². The number of rotatable bonds is 8. The minimum Gasteiger partial charge on any atom is -0.486 e. The van der Waals surface area contributed by atoms with Crippen molar-refractivity contribution in [3.63, 3.8) is 0 Å². The Labute approximate surface area is 413 Å². The van der Waals surface area contributed by atoms with Gasteiger partial charge in [-0.1, -0.05) is 161 Å². The van der Waals surface area contributed by atoms with Gasteiger partial charge in [0.05, 0.1) is 41.7 Å². The van der Waals surface area contributed by atoms with Crippen LogP contribution in [0.25, 0.3) is 94.6 Å². The van der Waals surface area contributed by atoms with Crippen molar-refractivity contribution < 1.29 is 24.5 Å². The van der Waals surface area contributed by atoms with Gasteiger partial charge in [0, 0.05) is 65.5 Å². The number of nitrogens with zero attached hydrogens (tertiary/aromatic N) is 5. The molecule has 0 saturated carbocycles. The zero-order chi connectivity index (χ0) is 46.4. The Morgan fingerprint density at radius 1 is 0.647 bits per heavy atom. The summed E-state index contributed by atoms with van der Waals surface area (Å²) in [4.78, 5) is 20.1. The van der Waals surface area contributed by atoms with E-state index >= 15 is 0 Å². The Morgan fingerprint density at radius 2 is 1.35 bits per heavy atom. The zero-order valence-electron chi connectivity index (χ0n) is 39.7. The monoisotopic (exact) mass is 1080 g/mol. The van der Waals surface area contributed by atoms with Crippen LogP contribution in [0.1, 0.15) is 43.6 Å². The van der Waals surface area contributed by atoms with Gasteiger partial charge in [-0.3, -0.25) is 9.97 Å². The maximum Gasteiger partial charge on any atom is 0.216 e. The molecule has 5 aromatic heterocycles. The molecule has 6 nitrogen and oxygen atoms in total. The molecule has 8 heteroatoms. The van der Waals surface area contributed by atoms with E-state index in [0.717, 1.165) is 94.7 Å². The van der Waals surface area contributed by atoms with Gasteiger partial charge in [0.15, 0.2) is 0 Å². The van der Waals surface area contributed by atoms with Crippen LogP contribution in [0.2, 0.25) is 19.6 Å². The number of pyridine rings is 3. The molecule has 5 heterocycles. The number of fused-ring (bicyclic) bond motifs is 6. The van der Waals surface area contributed by atoms with Crippen molar-refractivity contribution in [3.05, 3.63) is 193 Å². The molecule has 0 fully saturated rings. The normalized spacial score (nSPS) is 12.1. The molecule has 0 aliphatic carbocycles. The minimum atomic E-state index is -1.24. The van der Waals surface area contributed by atoms with E-state index in [4.69, 9.17) is 19.4 Å². The van der Waals surface area contributed by atoms with Gasteiger partial charge in [0.2, 0.25) is 5.71 Å². The third kappa shape index (κ3) is 8.88. The molecular weight excluding hydrogens is 1030 g/mol. The third-order valence-electron chi connectivity index (χ3n) is 12.9. The van der Waals surface area contributed by atoms with E-state index in [-0.39, 0.29) is 20.1 Å². The van der Waals surface area contributed by atoms with E-state index in [9.17, 15) is 0 Å². The summed E-state index contributed by atoms with van der Waals surface area (Å²) in [5, 5.41) is 4.42. The van der Waals surface area contributed by atoms with Crippen LogP contribution in [0.3, 0.4) is 0 Å². The Morgan fingerprint density at radius 3 is 1.99 bits per heavy atom. The summed E-state index contributed by atoms with van der Waals surface area (Å²) in [6.45, 7) is 17.8. The van der Waals surface area contributed by atoms with Gasteiger partial charge in [-0.25, -0.2) is 4.98 Å². The van der Waals surface area contributed by atoms with Crippen LogP contribution in [0.15, 0.2) is 168 Å². The number of aromatic nitrogens is 5. The first-order chi connectivity index (χ1) is 32.4. The first kappa shape index (κ1) is 46.3. The number of hydrogen-bond donors (Lipinski definition) is 0. The van der Waals surface area contributed by atoms with Crippen LogP contribution >= 0.6 is 0 Å². The molecule has 0 bridgehead atoms. The van der Waals surface area contributed by atoms with Gasteiger partial charge >= 0.3 is 0 Å². The summed E-state index contributed by atoms with van der Waals surface area (Å²) in [6, 6.07) is 61.7. The smallest absolute Gasteiger partial charge is 0.216 e. The van der Waals surface area contributed by atoms with E-state index in [1.54, 1.807) is 0 Å².